The molecule has 0 atom stereocenters. The van der Waals surface area contributed by atoms with E-state index in [-0.39, 0.29) is 0 Å². The molecule has 0 spiro atoms. The maximum atomic E-state index is 10.1. The third kappa shape index (κ3) is 5.05. The summed E-state index contributed by atoms with van der Waals surface area (Å²) in [4.78, 5) is 0. The Morgan fingerprint density at radius 2 is 0.731 bits per heavy atom. The van der Waals surface area contributed by atoms with Gasteiger partial charge in [0.25, 0.3) is 0 Å². The largest absolute Gasteiger partial charge is 0.456 e. The van der Waals surface area contributed by atoms with E-state index in [0.29, 0.717) is 5.56 Å². The van der Waals surface area contributed by atoms with Gasteiger partial charge in [0.15, 0.2) is 0 Å². The van der Waals surface area contributed by atoms with Gasteiger partial charge in [-0.3, -0.25) is 0 Å². The molecule has 0 aliphatic heterocycles. The number of furan rings is 2. The molecule has 0 fully saturated rings. The maximum Gasteiger partial charge on any atom is 0.135 e. The first-order valence-electron chi connectivity index (χ1n) is 17.4. The van der Waals surface area contributed by atoms with Crippen LogP contribution in [0.15, 0.2) is 185 Å². The smallest absolute Gasteiger partial charge is 0.135 e. The molecule has 3 nitrogen and oxygen atoms in total. The number of nitriles is 1. The van der Waals surface area contributed by atoms with Crippen molar-refractivity contribution in [2.24, 2.45) is 0 Å². The van der Waals surface area contributed by atoms with Gasteiger partial charge in [0, 0.05) is 21.5 Å². The van der Waals surface area contributed by atoms with Crippen molar-refractivity contribution in [3.63, 3.8) is 0 Å². The number of benzene rings is 8. The topological polar surface area (TPSA) is 50.1 Å². The molecule has 3 heteroatoms. The summed E-state index contributed by atoms with van der Waals surface area (Å²) in [7, 11) is 0. The number of para-hydroxylation sites is 2. The van der Waals surface area contributed by atoms with Crippen molar-refractivity contribution >= 4 is 43.9 Å². The highest BCUT2D eigenvalue weighted by molar-refractivity contribution is 6.08. The molecule has 2 aromatic heterocycles. The third-order valence-electron chi connectivity index (χ3n) is 10.1. The van der Waals surface area contributed by atoms with Gasteiger partial charge in [0.05, 0.1) is 11.6 Å². The standard InChI is InChI=1S/C49H29NO2/c50-30-34-12-4-5-13-41(34)40-26-35(31-10-2-1-3-11-31)22-39(27-40)38-24-36(32-18-20-48-44(28-32)42-14-6-8-16-46(42)51-48)23-37(25-38)33-19-21-49-45(29-33)43-15-7-9-17-47(43)52-49/h1-29H. The molecule has 0 N–H and O–H groups in total. The average Bonchev–Trinajstić information content (AvgIpc) is 3.78. The molecule has 0 bridgehead atoms. The van der Waals surface area contributed by atoms with E-state index < -0.39 is 0 Å². The molecule has 0 radical (unpaired) electrons. The lowest BCUT2D eigenvalue weighted by atomic mass is 9.89. The van der Waals surface area contributed by atoms with Crippen LogP contribution in [0.5, 0.6) is 0 Å². The van der Waals surface area contributed by atoms with Crippen molar-refractivity contribution in [2.75, 3.05) is 0 Å². The van der Waals surface area contributed by atoms with Crippen molar-refractivity contribution in [1.82, 2.24) is 0 Å². The van der Waals surface area contributed by atoms with Gasteiger partial charge < -0.3 is 8.83 Å². The molecule has 10 aromatic rings. The highest BCUT2D eigenvalue weighted by atomic mass is 16.3. The Morgan fingerprint density at radius 1 is 0.308 bits per heavy atom. The van der Waals surface area contributed by atoms with E-state index in [9.17, 15) is 5.26 Å². The minimum Gasteiger partial charge on any atom is -0.456 e. The Bertz CT molecular complexity index is 2900. The van der Waals surface area contributed by atoms with E-state index in [1.165, 1.54) is 0 Å². The van der Waals surface area contributed by atoms with Crippen LogP contribution < -0.4 is 0 Å². The van der Waals surface area contributed by atoms with Crippen LogP contribution in [0.4, 0.5) is 0 Å². The Kier molecular flexibility index (Phi) is 6.87. The normalized spacial score (nSPS) is 11.4. The van der Waals surface area contributed by atoms with Crippen LogP contribution in [0.1, 0.15) is 5.56 Å². The number of fused-ring (bicyclic) bond motifs is 6. The highest BCUT2D eigenvalue weighted by Gasteiger charge is 2.15. The fourth-order valence-corrected chi connectivity index (χ4v) is 7.52. The molecule has 242 valence electrons. The van der Waals surface area contributed by atoms with Crippen LogP contribution >= 0.6 is 0 Å². The third-order valence-corrected chi connectivity index (χ3v) is 10.1. The second-order valence-electron chi connectivity index (χ2n) is 13.2. The van der Waals surface area contributed by atoms with Crippen LogP contribution in [-0.4, -0.2) is 0 Å². The maximum absolute atomic E-state index is 10.1. The summed E-state index contributed by atoms with van der Waals surface area (Å²) >= 11 is 0. The predicted molar refractivity (Wildman–Crippen MR) is 213 cm³/mol. The number of hydrogen-bond acceptors (Lipinski definition) is 3. The second kappa shape index (κ2) is 12.0. The second-order valence-corrected chi connectivity index (χ2v) is 13.2. The molecule has 10 rings (SSSR count). The van der Waals surface area contributed by atoms with E-state index in [2.05, 4.69) is 127 Å². The number of hydrogen-bond donors (Lipinski definition) is 0. The van der Waals surface area contributed by atoms with Gasteiger partial charge in [0.1, 0.15) is 22.3 Å². The summed E-state index contributed by atoms with van der Waals surface area (Å²) in [5, 5.41) is 14.4. The quantitative estimate of drug-likeness (QED) is 0.184. The number of rotatable bonds is 5. The Balaban J connectivity index is 1.22. The molecule has 52 heavy (non-hydrogen) atoms. The predicted octanol–water partition coefficient (Wildman–Crippen LogP) is 13.7. The fourth-order valence-electron chi connectivity index (χ4n) is 7.52. The summed E-state index contributed by atoms with van der Waals surface area (Å²) in [6, 6.07) is 63.5. The molecule has 0 saturated heterocycles. The summed E-state index contributed by atoms with van der Waals surface area (Å²) in [5.74, 6) is 0. The van der Waals surface area contributed by atoms with Crippen molar-refractivity contribution in [2.45, 2.75) is 0 Å². The molecular formula is C49H29NO2. The minimum absolute atomic E-state index is 0.648. The van der Waals surface area contributed by atoms with Crippen molar-refractivity contribution in [1.29, 1.82) is 5.26 Å². The molecular weight excluding hydrogens is 635 g/mol. The van der Waals surface area contributed by atoms with Crippen molar-refractivity contribution in [3.8, 4) is 61.7 Å². The van der Waals surface area contributed by atoms with Crippen LogP contribution in [0.3, 0.4) is 0 Å². The van der Waals surface area contributed by atoms with Crippen molar-refractivity contribution < 1.29 is 8.83 Å². The Morgan fingerprint density at radius 3 is 1.29 bits per heavy atom. The van der Waals surface area contributed by atoms with E-state index in [0.717, 1.165) is 99.5 Å². The molecule has 0 aliphatic carbocycles. The van der Waals surface area contributed by atoms with Crippen LogP contribution in [-0.2, 0) is 0 Å². The zero-order valence-corrected chi connectivity index (χ0v) is 28.0. The van der Waals surface area contributed by atoms with Crippen molar-refractivity contribution in [3.05, 3.63) is 181 Å². The van der Waals surface area contributed by atoms with Gasteiger partial charge in [-0.25, -0.2) is 0 Å². The van der Waals surface area contributed by atoms with Gasteiger partial charge in [-0.05, 0) is 134 Å². The highest BCUT2D eigenvalue weighted by Crippen LogP contribution is 2.40. The first-order valence-corrected chi connectivity index (χ1v) is 17.4. The lowest BCUT2D eigenvalue weighted by molar-refractivity contribution is 0.668. The zero-order valence-electron chi connectivity index (χ0n) is 28.0. The summed E-state index contributed by atoms with van der Waals surface area (Å²) in [6.45, 7) is 0. The van der Waals surface area contributed by atoms with Gasteiger partial charge in [-0.1, -0.05) is 97.1 Å². The van der Waals surface area contributed by atoms with E-state index in [1.807, 2.05) is 54.6 Å². The lowest BCUT2D eigenvalue weighted by Gasteiger charge is -2.15. The molecule has 0 saturated carbocycles. The first-order chi connectivity index (χ1) is 25.7. The molecule has 8 aromatic carbocycles. The summed E-state index contributed by atoms with van der Waals surface area (Å²) in [5.41, 5.74) is 14.8. The lowest BCUT2D eigenvalue weighted by Crippen LogP contribution is -1.90. The van der Waals surface area contributed by atoms with E-state index in [4.69, 9.17) is 8.83 Å². The van der Waals surface area contributed by atoms with Gasteiger partial charge >= 0.3 is 0 Å². The van der Waals surface area contributed by atoms with Crippen LogP contribution in [0, 0.1) is 11.3 Å². The van der Waals surface area contributed by atoms with E-state index >= 15 is 0 Å². The Hall–Kier alpha value is -7.15. The Labute approximate surface area is 300 Å². The van der Waals surface area contributed by atoms with Crippen LogP contribution in [0.25, 0.3) is 99.5 Å². The molecule has 0 aliphatic rings. The van der Waals surface area contributed by atoms with Gasteiger partial charge in [0.2, 0.25) is 0 Å². The molecule has 0 amide bonds. The SMILES string of the molecule is N#Cc1ccccc1-c1cc(-c2ccccc2)cc(-c2cc(-c3ccc4oc5ccccc5c4c3)cc(-c3ccc4oc5ccccc5c4c3)c2)c1. The summed E-state index contributed by atoms with van der Waals surface area (Å²) < 4.78 is 12.4. The molecule has 0 unspecified atom stereocenters. The monoisotopic (exact) mass is 663 g/mol. The zero-order chi connectivity index (χ0) is 34.6. The minimum atomic E-state index is 0.648. The fraction of sp³-hybridized carbons (Fsp3) is 0. The first kappa shape index (κ1) is 29.7. The van der Waals surface area contributed by atoms with E-state index in [1.54, 1.807) is 0 Å². The average molecular weight is 664 g/mol. The van der Waals surface area contributed by atoms with Gasteiger partial charge in [-0.2, -0.15) is 5.26 Å². The van der Waals surface area contributed by atoms with Gasteiger partial charge in [-0.15, -0.1) is 0 Å². The summed E-state index contributed by atoms with van der Waals surface area (Å²) in [6.07, 6.45) is 0. The molecule has 2 heterocycles. The number of nitrogens with zero attached hydrogens (tertiary/aromatic N) is 1. The van der Waals surface area contributed by atoms with Crippen LogP contribution in [0.2, 0.25) is 0 Å².